The van der Waals surface area contributed by atoms with Crippen LogP contribution in [-0.4, -0.2) is 28.9 Å². The van der Waals surface area contributed by atoms with E-state index in [4.69, 9.17) is 9.47 Å². The monoisotopic (exact) mass is 395 g/mol. The van der Waals surface area contributed by atoms with Crippen LogP contribution in [0.5, 0.6) is 11.5 Å². The van der Waals surface area contributed by atoms with Crippen molar-refractivity contribution in [3.05, 3.63) is 72.3 Å². The second kappa shape index (κ2) is 9.05. The lowest BCUT2D eigenvalue weighted by Crippen LogP contribution is -2.09. The molecule has 2 aromatic carbocycles. The third-order valence-corrected chi connectivity index (χ3v) is 3.94. The number of aromatic nitrogens is 2. The Bertz CT molecular complexity index is 1010. The third kappa shape index (κ3) is 5.22. The maximum Gasteiger partial charge on any atom is 0.248 e. The largest absolute Gasteiger partial charge is 0.493 e. The molecule has 150 valence electrons. The summed E-state index contributed by atoms with van der Waals surface area (Å²) in [6.45, 7) is 3.87. The van der Waals surface area contributed by atoms with Gasteiger partial charge in [-0.2, -0.15) is 5.10 Å². The van der Waals surface area contributed by atoms with Crippen LogP contribution in [0.25, 0.3) is 11.8 Å². The Labute approximate surface area is 168 Å². The van der Waals surface area contributed by atoms with E-state index in [9.17, 15) is 9.18 Å². The van der Waals surface area contributed by atoms with Crippen molar-refractivity contribution < 1.29 is 18.7 Å². The fourth-order valence-corrected chi connectivity index (χ4v) is 2.68. The van der Waals surface area contributed by atoms with E-state index in [0.29, 0.717) is 22.9 Å². The summed E-state index contributed by atoms with van der Waals surface area (Å²) in [4.78, 5) is 12.2. The Hall–Kier alpha value is -3.61. The molecule has 1 amide bonds. The Kier molecular flexibility index (Phi) is 6.29. The number of carbonyl (C=O) groups excluding carboxylic acids is 1. The third-order valence-electron chi connectivity index (χ3n) is 3.94. The SMILES string of the molecule is COc1cc(/C=C/C(=O)Nc2ccc(-n3cccn3)c(F)c2)ccc1OC(C)C. The normalized spacial score (nSPS) is 11.1. The van der Waals surface area contributed by atoms with Crippen LogP contribution in [0.4, 0.5) is 10.1 Å². The van der Waals surface area contributed by atoms with E-state index >= 15 is 0 Å². The van der Waals surface area contributed by atoms with E-state index in [-0.39, 0.29) is 12.0 Å². The number of anilines is 1. The predicted molar refractivity (Wildman–Crippen MR) is 110 cm³/mol. The summed E-state index contributed by atoms with van der Waals surface area (Å²) in [5.74, 6) is 0.355. The molecule has 0 unspecified atom stereocenters. The number of ether oxygens (including phenoxy) is 2. The van der Waals surface area contributed by atoms with Gasteiger partial charge in [0.05, 0.1) is 13.2 Å². The van der Waals surface area contributed by atoms with Gasteiger partial charge in [0.1, 0.15) is 5.69 Å². The first-order chi connectivity index (χ1) is 14.0. The average Bonchev–Trinajstić information content (AvgIpc) is 3.21. The topological polar surface area (TPSA) is 65.4 Å². The summed E-state index contributed by atoms with van der Waals surface area (Å²) in [7, 11) is 1.56. The van der Waals surface area contributed by atoms with E-state index in [1.807, 2.05) is 19.9 Å². The zero-order valence-corrected chi connectivity index (χ0v) is 16.4. The molecule has 0 aliphatic carbocycles. The molecule has 1 aromatic heterocycles. The number of nitrogens with zero attached hydrogens (tertiary/aromatic N) is 2. The van der Waals surface area contributed by atoms with Crippen LogP contribution in [0.2, 0.25) is 0 Å². The van der Waals surface area contributed by atoms with Gasteiger partial charge in [-0.15, -0.1) is 0 Å². The van der Waals surface area contributed by atoms with Gasteiger partial charge < -0.3 is 14.8 Å². The lowest BCUT2D eigenvalue weighted by Gasteiger charge is -2.13. The average molecular weight is 395 g/mol. The number of nitrogens with one attached hydrogen (secondary N) is 1. The Morgan fingerprint density at radius 2 is 2.03 bits per heavy atom. The van der Waals surface area contributed by atoms with E-state index in [2.05, 4.69) is 10.4 Å². The van der Waals surface area contributed by atoms with Crippen LogP contribution in [0.3, 0.4) is 0 Å². The molecule has 0 spiro atoms. The molecule has 3 aromatic rings. The van der Waals surface area contributed by atoms with Crippen LogP contribution in [-0.2, 0) is 4.79 Å². The Morgan fingerprint density at radius 3 is 2.69 bits per heavy atom. The number of hydrogen-bond acceptors (Lipinski definition) is 4. The molecule has 0 saturated heterocycles. The molecule has 0 aliphatic rings. The molecule has 29 heavy (non-hydrogen) atoms. The summed E-state index contributed by atoms with van der Waals surface area (Å²) in [5.41, 5.74) is 1.43. The lowest BCUT2D eigenvalue weighted by atomic mass is 10.2. The van der Waals surface area contributed by atoms with E-state index in [1.54, 1.807) is 55.9 Å². The van der Waals surface area contributed by atoms with Crippen molar-refractivity contribution in [2.75, 3.05) is 12.4 Å². The van der Waals surface area contributed by atoms with Gasteiger partial charge in [0, 0.05) is 24.2 Å². The fourth-order valence-electron chi connectivity index (χ4n) is 2.68. The van der Waals surface area contributed by atoms with Gasteiger partial charge in [-0.3, -0.25) is 4.79 Å². The van der Waals surface area contributed by atoms with Crippen LogP contribution in [0, 0.1) is 5.82 Å². The Morgan fingerprint density at radius 1 is 1.21 bits per heavy atom. The van der Waals surface area contributed by atoms with Crippen molar-refractivity contribution in [1.82, 2.24) is 9.78 Å². The summed E-state index contributed by atoms with van der Waals surface area (Å²) >= 11 is 0. The highest BCUT2D eigenvalue weighted by atomic mass is 19.1. The van der Waals surface area contributed by atoms with Crippen LogP contribution < -0.4 is 14.8 Å². The number of amides is 1. The highest BCUT2D eigenvalue weighted by Crippen LogP contribution is 2.29. The molecular weight excluding hydrogens is 373 g/mol. The molecule has 0 fully saturated rings. The highest BCUT2D eigenvalue weighted by Gasteiger charge is 2.08. The van der Waals surface area contributed by atoms with Crippen molar-refractivity contribution in [3.8, 4) is 17.2 Å². The van der Waals surface area contributed by atoms with Crippen LogP contribution in [0.15, 0.2) is 60.9 Å². The molecule has 1 heterocycles. The van der Waals surface area contributed by atoms with Crippen LogP contribution >= 0.6 is 0 Å². The molecule has 0 atom stereocenters. The number of rotatable bonds is 7. The number of methoxy groups -OCH3 is 1. The van der Waals surface area contributed by atoms with Gasteiger partial charge in [-0.1, -0.05) is 6.07 Å². The van der Waals surface area contributed by atoms with Crippen LogP contribution in [0.1, 0.15) is 19.4 Å². The van der Waals surface area contributed by atoms with Gasteiger partial charge in [0.15, 0.2) is 17.3 Å². The second-order valence-corrected chi connectivity index (χ2v) is 6.52. The van der Waals surface area contributed by atoms with E-state index < -0.39 is 5.82 Å². The van der Waals surface area contributed by atoms with Crippen molar-refractivity contribution in [1.29, 1.82) is 0 Å². The van der Waals surface area contributed by atoms with Gasteiger partial charge in [0.2, 0.25) is 5.91 Å². The second-order valence-electron chi connectivity index (χ2n) is 6.52. The number of benzene rings is 2. The predicted octanol–water partition coefficient (Wildman–Crippen LogP) is 4.46. The Balaban J connectivity index is 1.67. The fraction of sp³-hybridized carbons (Fsp3) is 0.182. The lowest BCUT2D eigenvalue weighted by molar-refractivity contribution is -0.111. The first-order valence-electron chi connectivity index (χ1n) is 9.09. The zero-order valence-electron chi connectivity index (χ0n) is 16.4. The highest BCUT2D eigenvalue weighted by molar-refractivity contribution is 6.02. The molecule has 0 radical (unpaired) electrons. The minimum absolute atomic E-state index is 0.0242. The molecule has 0 aliphatic heterocycles. The maximum atomic E-state index is 14.3. The van der Waals surface area contributed by atoms with Crippen molar-refractivity contribution >= 4 is 17.7 Å². The maximum absolute atomic E-state index is 14.3. The standard InChI is InChI=1S/C22H22FN3O3/c1-15(2)29-20-9-5-16(13-21(20)28-3)6-10-22(27)25-17-7-8-19(18(23)14-17)26-12-4-11-24-26/h4-15H,1-3H3,(H,25,27)/b10-6+. The molecule has 0 saturated carbocycles. The van der Waals surface area contributed by atoms with Crippen molar-refractivity contribution in [3.63, 3.8) is 0 Å². The first kappa shape index (κ1) is 20.1. The van der Waals surface area contributed by atoms with Crippen molar-refractivity contribution in [2.45, 2.75) is 20.0 Å². The summed E-state index contributed by atoms with van der Waals surface area (Å²) < 4.78 is 26.7. The molecule has 3 rings (SSSR count). The number of carbonyl (C=O) groups is 1. The summed E-state index contributed by atoms with van der Waals surface area (Å²) in [6.07, 6.45) is 6.25. The van der Waals surface area contributed by atoms with E-state index in [0.717, 1.165) is 5.56 Å². The molecule has 0 bridgehead atoms. The van der Waals surface area contributed by atoms with Gasteiger partial charge in [0.25, 0.3) is 0 Å². The molecule has 7 heteroatoms. The summed E-state index contributed by atoms with van der Waals surface area (Å²) in [6, 6.07) is 11.5. The van der Waals surface area contributed by atoms with Gasteiger partial charge >= 0.3 is 0 Å². The quantitative estimate of drug-likeness (QED) is 0.600. The smallest absolute Gasteiger partial charge is 0.248 e. The van der Waals surface area contributed by atoms with E-state index in [1.165, 1.54) is 16.8 Å². The minimum Gasteiger partial charge on any atom is -0.493 e. The molecular formula is C22H22FN3O3. The summed E-state index contributed by atoms with van der Waals surface area (Å²) in [5, 5.41) is 6.64. The van der Waals surface area contributed by atoms with Gasteiger partial charge in [-0.05, 0) is 61.9 Å². The first-order valence-corrected chi connectivity index (χ1v) is 9.09. The number of halogens is 1. The van der Waals surface area contributed by atoms with Crippen molar-refractivity contribution in [2.24, 2.45) is 0 Å². The minimum atomic E-state index is -0.485. The molecule has 6 nitrogen and oxygen atoms in total. The molecule has 1 N–H and O–H groups in total. The zero-order chi connectivity index (χ0) is 20.8. The number of hydrogen-bond donors (Lipinski definition) is 1. The van der Waals surface area contributed by atoms with Gasteiger partial charge in [-0.25, -0.2) is 9.07 Å².